The van der Waals surface area contributed by atoms with Crippen molar-refractivity contribution in [1.29, 1.82) is 0 Å². The number of benzene rings is 3. The lowest BCUT2D eigenvalue weighted by molar-refractivity contribution is -0.116. The van der Waals surface area contributed by atoms with Crippen molar-refractivity contribution in [3.63, 3.8) is 0 Å². The maximum atomic E-state index is 12.9. The number of anilines is 1. The van der Waals surface area contributed by atoms with Crippen molar-refractivity contribution < 1.29 is 19.1 Å². The maximum Gasteiger partial charge on any atom is 0.254 e. The number of carbonyl (C=O) groups is 2. The lowest BCUT2D eigenvalue weighted by Crippen LogP contribution is -2.35. The van der Waals surface area contributed by atoms with Crippen molar-refractivity contribution in [3.05, 3.63) is 87.9 Å². The molecule has 0 aliphatic rings. The summed E-state index contributed by atoms with van der Waals surface area (Å²) in [6, 6.07) is 18.0. The molecule has 2 amide bonds. The highest BCUT2D eigenvalue weighted by Gasteiger charge is 2.18. The van der Waals surface area contributed by atoms with Gasteiger partial charge in [-0.1, -0.05) is 35.9 Å². The number of nitrogens with one attached hydrogen (secondary N) is 1. The largest absolute Gasteiger partial charge is 0.493 e. The van der Waals surface area contributed by atoms with Gasteiger partial charge in [-0.2, -0.15) is 0 Å². The highest BCUT2D eigenvalue weighted by Crippen LogP contribution is 2.29. The average Bonchev–Trinajstić information content (AvgIpc) is 2.81. The van der Waals surface area contributed by atoms with E-state index in [1.165, 1.54) is 12.0 Å². The van der Waals surface area contributed by atoms with E-state index in [1.807, 2.05) is 44.2 Å². The second-order valence-electron chi connectivity index (χ2n) is 7.74. The molecule has 0 aromatic heterocycles. The number of ether oxygens (including phenoxy) is 2. The number of methoxy groups -OCH3 is 1. The second-order valence-corrected chi connectivity index (χ2v) is 8.17. The smallest absolute Gasteiger partial charge is 0.254 e. The normalized spacial score (nSPS) is 10.5. The maximum absolute atomic E-state index is 12.9. The Balaban J connectivity index is 1.64. The van der Waals surface area contributed by atoms with Crippen LogP contribution in [0.1, 0.15) is 27.0 Å². The Kier molecular flexibility index (Phi) is 7.96. The Bertz CT molecular complexity index is 1150. The van der Waals surface area contributed by atoms with Crippen molar-refractivity contribution in [2.75, 3.05) is 26.0 Å². The van der Waals surface area contributed by atoms with Crippen LogP contribution in [0.3, 0.4) is 0 Å². The van der Waals surface area contributed by atoms with Gasteiger partial charge >= 0.3 is 0 Å². The number of halogens is 1. The number of rotatable bonds is 8. The molecule has 0 heterocycles. The lowest BCUT2D eigenvalue weighted by Gasteiger charge is -2.19. The summed E-state index contributed by atoms with van der Waals surface area (Å²) in [5, 5.41) is 3.53. The SMILES string of the molecule is COc1cc(C(=O)N(C)CC(=O)Nc2cccc(C)c2C)ccc1OCc1ccc(Cl)cc1. The van der Waals surface area contributed by atoms with Crippen LogP contribution in [-0.4, -0.2) is 37.4 Å². The first-order valence-corrected chi connectivity index (χ1v) is 10.8. The van der Waals surface area contributed by atoms with Crippen LogP contribution in [0.4, 0.5) is 5.69 Å². The van der Waals surface area contributed by atoms with Crippen molar-refractivity contribution in [2.45, 2.75) is 20.5 Å². The van der Waals surface area contributed by atoms with E-state index in [4.69, 9.17) is 21.1 Å². The van der Waals surface area contributed by atoms with Gasteiger partial charge in [0, 0.05) is 23.3 Å². The van der Waals surface area contributed by atoms with Crippen LogP contribution in [0.15, 0.2) is 60.7 Å². The summed E-state index contributed by atoms with van der Waals surface area (Å²) in [6.07, 6.45) is 0. The third-order valence-electron chi connectivity index (χ3n) is 5.32. The summed E-state index contributed by atoms with van der Waals surface area (Å²) in [5.74, 6) is 0.380. The molecule has 0 saturated carbocycles. The van der Waals surface area contributed by atoms with Gasteiger partial charge in [0.05, 0.1) is 13.7 Å². The fourth-order valence-corrected chi connectivity index (χ4v) is 3.37. The van der Waals surface area contributed by atoms with Gasteiger partial charge in [-0.15, -0.1) is 0 Å². The minimum absolute atomic E-state index is 0.0800. The summed E-state index contributed by atoms with van der Waals surface area (Å²) in [4.78, 5) is 26.7. The van der Waals surface area contributed by atoms with E-state index < -0.39 is 0 Å². The molecule has 0 saturated heterocycles. The molecule has 0 fully saturated rings. The Morgan fingerprint density at radius 1 is 1.00 bits per heavy atom. The number of carbonyl (C=O) groups excluding carboxylic acids is 2. The van der Waals surface area contributed by atoms with E-state index in [0.29, 0.717) is 28.7 Å². The van der Waals surface area contributed by atoms with Gasteiger partial charge in [0.15, 0.2) is 11.5 Å². The van der Waals surface area contributed by atoms with E-state index in [0.717, 1.165) is 22.4 Å². The fourth-order valence-electron chi connectivity index (χ4n) is 3.25. The van der Waals surface area contributed by atoms with Crippen LogP contribution in [0, 0.1) is 13.8 Å². The summed E-state index contributed by atoms with van der Waals surface area (Å²) in [7, 11) is 3.10. The van der Waals surface area contributed by atoms with E-state index >= 15 is 0 Å². The van der Waals surface area contributed by atoms with Crippen molar-refractivity contribution in [2.24, 2.45) is 0 Å². The summed E-state index contributed by atoms with van der Waals surface area (Å²) in [5.41, 5.74) is 4.18. The number of hydrogen-bond donors (Lipinski definition) is 1. The van der Waals surface area contributed by atoms with Crippen LogP contribution in [0.5, 0.6) is 11.5 Å². The number of aryl methyl sites for hydroxylation is 1. The number of hydrogen-bond acceptors (Lipinski definition) is 4. The topological polar surface area (TPSA) is 67.9 Å². The summed E-state index contributed by atoms with van der Waals surface area (Å²) in [6.45, 7) is 4.18. The summed E-state index contributed by atoms with van der Waals surface area (Å²) >= 11 is 5.91. The molecule has 3 aromatic rings. The highest BCUT2D eigenvalue weighted by atomic mass is 35.5. The van der Waals surface area contributed by atoms with Gasteiger partial charge in [0.1, 0.15) is 6.61 Å². The second kappa shape index (κ2) is 10.9. The standard InChI is InChI=1S/C26H27ClN2O4/c1-17-6-5-7-22(18(17)2)28-25(30)15-29(3)26(31)20-10-13-23(24(14-20)32-4)33-16-19-8-11-21(27)12-9-19/h5-14H,15-16H2,1-4H3,(H,28,30). The molecule has 172 valence electrons. The minimum Gasteiger partial charge on any atom is -0.493 e. The van der Waals surface area contributed by atoms with Gasteiger partial charge in [-0.05, 0) is 66.9 Å². The molecule has 0 spiro atoms. The van der Waals surface area contributed by atoms with Gasteiger partial charge in [-0.25, -0.2) is 0 Å². The first kappa shape index (κ1) is 24.1. The molecule has 3 aromatic carbocycles. The van der Waals surface area contributed by atoms with Crippen LogP contribution >= 0.6 is 11.6 Å². The van der Waals surface area contributed by atoms with Crippen molar-refractivity contribution in [3.8, 4) is 11.5 Å². The van der Waals surface area contributed by atoms with Gasteiger partial charge < -0.3 is 19.7 Å². The Labute approximate surface area is 199 Å². The highest BCUT2D eigenvalue weighted by molar-refractivity contribution is 6.30. The minimum atomic E-state index is -0.298. The van der Waals surface area contributed by atoms with Gasteiger partial charge in [0.25, 0.3) is 5.91 Å². The van der Waals surface area contributed by atoms with E-state index in [-0.39, 0.29) is 18.4 Å². The molecule has 0 aliphatic carbocycles. The third kappa shape index (κ3) is 6.26. The van der Waals surface area contributed by atoms with Crippen LogP contribution < -0.4 is 14.8 Å². The number of likely N-dealkylation sites (N-methyl/N-ethyl adjacent to an activating group) is 1. The average molecular weight is 467 g/mol. The molecular weight excluding hydrogens is 440 g/mol. The zero-order valence-electron chi connectivity index (χ0n) is 19.1. The zero-order valence-corrected chi connectivity index (χ0v) is 19.9. The first-order valence-electron chi connectivity index (χ1n) is 10.4. The Hall–Kier alpha value is -3.51. The first-order chi connectivity index (χ1) is 15.8. The molecule has 0 unspecified atom stereocenters. The molecular formula is C26H27ClN2O4. The van der Waals surface area contributed by atoms with Crippen molar-refractivity contribution in [1.82, 2.24) is 4.90 Å². The van der Waals surface area contributed by atoms with Crippen LogP contribution in [0.25, 0.3) is 0 Å². The Morgan fingerprint density at radius 3 is 2.42 bits per heavy atom. The number of nitrogens with zero attached hydrogens (tertiary/aromatic N) is 1. The summed E-state index contributed by atoms with van der Waals surface area (Å²) < 4.78 is 11.3. The monoisotopic (exact) mass is 466 g/mol. The molecule has 0 bridgehead atoms. The predicted octanol–water partition coefficient (Wildman–Crippen LogP) is 5.26. The molecule has 0 aliphatic heterocycles. The van der Waals surface area contributed by atoms with Gasteiger partial charge in [0.2, 0.25) is 5.91 Å². The van der Waals surface area contributed by atoms with E-state index in [1.54, 1.807) is 37.4 Å². The third-order valence-corrected chi connectivity index (χ3v) is 5.58. The quantitative estimate of drug-likeness (QED) is 0.492. The molecule has 7 heteroatoms. The molecule has 33 heavy (non-hydrogen) atoms. The van der Waals surface area contributed by atoms with Crippen LogP contribution in [-0.2, 0) is 11.4 Å². The number of amides is 2. The zero-order chi connectivity index (χ0) is 24.0. The van der Waals surface area contributed by atoms with Crippen LogP contribution in [0.2, 0.25) is 5.02 Å². The molecule has 3 rings (SSSR count). The Morgan fingerprint density at radius 2 is 1.73 bits per heavy atom. The van der Waals surface area contributed by atoms with Crippen molar-refractivity contribution >= 4 is 29.1 Å². The molecule has 1 N–H and O–H groups in total. The van der Waals surface area contributed by atoms with E-state index in [9.17, 15) is 9.59 Å². The molecule has 0 atom stereocenters. The molecule has 0 radical (unpaired) electrons. The lowest BCUT2D eigenvalue weighted by atomic mass is 10.1. The fraction of sp³-hybridized carbons (Fsp3) is 0.231. The van der Waals surface area contributed by atoms with E-state index in [2.05, 4.69) is 5.32 Å². The van der Waals surface area contributed by atoms with Gasteiger partial charge in [-0.3, -0.25) is 9.59 Å². The molecule has 6 nitrogen and oxygen atoms in total. The predicted molar refractivity (Wildman–Crippen MR) is 130 cm³/mol.